The molecular formula is C7H6F3NO. The van der Waals surface area contributed by atoms with Crippen LogP contribution in [-0.4, -0.2) is 10.1 Å². The predicted molar refractivity (Wildman–Crippen MR) is 35.6 cm³/mol. The van der Waals surface area contributed by atoms with Gasteiger partial charge in [-0.05, 0) is 6.92 Å². The molecule has 0 atom stereocenters. The first-order valence-electron chi connectivity index (χ1n) is 3.16. The number of aromatic hydroxyl groups is 1. The van der Waals surface area contributed by atoms with Gasteiger partial charge in [0.25, 0.3) is 6.43 Å². The average Bonchev–Trinajstić information content (AvgIpc) is 1.97. The predicted octanol–water partition coefficient (Wildman–Crippen LogP) is 2.17. The summed E-state index contributed by atoms with van der Waals surface area (Å²) in [6, 6.07) is 0. The molecule has 66 valence electrons. The SMILES string of the molecule is Cc1c(F)ncc(O)c1C(F)F. The summed E-state index contributed by atoms with van der Waals surface area (Å²) in [5.74, 6) is -1.66. The molecule has 0 saturated heterocycles. The van der Waals surface area contributed by atoms with Gasteiger partial charge in [0.05, 0.1) is 11.8 Å². The van der Waals surface area contributed by atoms with Crippen molar-refractivity contribution in [2.24, 2.45) is 0 Å². The number of hydrogen-bond donors (Lipinski definition) is 1. The highest BCUT2D eigenvalue weighted by Gasteiger charge is 2.18. The van der Waals surface area contributed by atoms with Crippen LogP contribution in [0.2, 0.25) is 0 Å². The van der Waals surface area contributed by atoms with Gasteiger partial charge < -0.3 is 5.11 Å². The quantitative estimate of drug-likeness (QED) is 0.667. The topological polar surface area (TPSA) is 33.1 Å². The van der Waals surface area contributed by atoms with Gasteiger partial charge in [-0.1, -0.05) is 0 Å². The van der Waals surface area contributed by atoms with Crippen molar-refractivity contribution in [2.75, 3.05) is 0 Å². The van der Waals surface area contributed by atoms with Crippen molar-refractivity contribution < 1.29 is 18.3 Å². The van der Waals surface area contributed by atoms with Gasteiger partial charge in [0.2, 0.25) is 5.95 Å². The van der Waals surface area contributed by atoms with E-state index in [-0.39, 0.29) is 5.56 Å². The molecule has 0 aliphatic heterocycles. The van der Waals surface area contributed by atoms with Crippen molar-refractivity contribution >= 4 is 0 Å². The molecule has 1 aromatic rings. The molecule has 0 radical (unpaired) electrons. The molecule has 0 aliphatic carbocycles. The minimum Gasteiger partial charge on any atom is -0.506 e. The molecule has 1 heterocycles. The third kappa shape index (κ3) is 1.34. The molecule has 1 aromatic heterocycles. The maximum absolute atomic E-state index is 12.6. The van der Waals surface area contributed by atoms with Crippen LogP contribution in [0.1, 0.15) is 17.6 Å². The molecule has 12 heavy (non-hydrogen) atoms. The third-order valence-corrected chi connectivity index (χ3v) is 1.51. The fraction of sp³-hybridized carbons (Fsp3) is 0.286. The van der Waals surface area contributed by atoms with E-state index in [0.717, 1.165) is 6.92 Å². The highest BCUT2D eigenvalue weighted by molar-refractivity contribution is 5.36. The van der Waals surface area contributed by atoms with Crippen LogP contribution in [0.15, 0.2) is 6.20 Å². The molecule has 5 heteroatoms. The molecular weight excluding hydrogens is 171 g/mol. The maximum atomic E-state index is 12.6. The first kappa shape index (κ1) is 8.83. The van der Waals surface area contributed by atoms with Crippen molar-refractivity contribution in [1.82, 2.24) is 4.98 Å². The van der Waals surface area contributed by atoms with Gasteiger partial charge in [-0.15, -0.1) is 0 Å². The van der Waals surface area contributed by atoms with E-state index in [1.54, 1.807) is 0 Å². The smallest absolute Gasteiger partial charge is 0.267 e. The maximum Gasteiger partial charge on any atom is 0.267 e. The van der Waals surface area contributed by atoms with Crippen LogP contribution in [0.4, 0.5) is 13.2 Å². The summed E-state index contributed by atoms with van der Waals surface area (Å²) in [4.78, 5) is 3.07. The number of nitrogens with zero attached hydrogens (tertiary/aromatic N) is 1. The lowest BCUT2D eigenvalue weighted by Gasteiger charge is -2.06. The van der Waals surface area contributed by atoms with Crippen molar-refractivity contribution in [1.29, 1.82) is 0 Å². The Morgan fingerprint density at radius 1 is 1.50 bits per heavy atom. The van der Waals surface area contributed by atoms with Gasteiger partial charge in [0.15, 0.2) is 0 Å². The zero-order chi connectivity index (χ0) is 9.30. The molecule has 0 amide bonds. The van der Waals surface area contributed by atoms with Crippen LogP contribution in [0.25, 0.3) is 0 Å². The second kappa shape index (κ2) is 3.00. The Morgan fingerprint density at radius 3 is 2.50 bits per heavy atom. The van der Waals surface area contributed by atoms with E-state index in [0.29, 0.717) is 6.20 Å². The van der Waals surface area contributed by atoms with Crippen LogP contribution in [-0.2, 0) is 0 Å². The van der Waals surface area contributed by atoms with E-state index in [1.807, 2.05) is 0 Å². The Hall–Kier alpha value is -1.26. The van der Waals surface area contributed by atoms with E-state index in [2.05, 4.69) is 4.98 Å². The van der Waals surface area contributed by atoms with E-state index in [4.69, 9.17) is 5.11 Å². The zero-order valence-electron chi connectivity index (χ0n) is 6.18. The summed E-state index contributed by atoms with van der Waals surface area (Å²) in [6.07, 6.45) is -2.22. The van der Waals surface area contributed by atoms with E-state index in [9.17, 15) is 13.2 Å². The molecule has 0 aromatic carbocycles. The van der Waals surface area contributed by atoms with Gasteiger partial charge in [0.1, 0.15) is 5.75 Å². The van der Waals surface area contributed by atoms with Gasteiger partial charge in [-0.3, -0.25) is 0 Å². The number of rotatable bonds is 1. The zero-order valence-corrected chi connectivity index (χ0v) is 6.18. The Kier molecular flexibility index (Phi) is 2.21. The summed E-state index contributed by atoms with van der Waals surface area (Å²) in [7, 11) is 0. The summed E-state index contributed by atoms with van der Waals surface area (Å²) in [6.45, 7) is 1.14. The van der Waals surface area contributed by atoms with Gasteiger partial charge in [-0.25, -0.2) is 13.8 Å². The normalized spacial score (nSPS) is 10.8. The molecule has 0 spiro atoms. The second-order valence-corrected chi connectivity index (χ2v) is 2.27. The number of pyridine rings is 1. The summed E-state index contributed by atoms with van der Waals surface area (Å²) < 4.78 is 36.8. The summed E-state index contributed by atoms with van der Waals surface area (Å²) in [5.41, 5.74) is -1.01. The van der Waals surface area contributed by atoms with Gasteiger partial charge >= 0.3 is 0 Å². The lowest BCUT2D eigenvalue weighted by Crippen LogP contribution is -1.96. The highest BCUT2D eigenvalue weighted by atomic mass is 19.3. The fourth-order valence-electron chi connectivity index (χ4n) is 0.863. The van der Waals surface area contributed by atoms with Crippen LogP contribution in [0, 0.1) is 12.9 Å². The van der Waals surface area contributed by atoms with Gasteiger partial charge in [0, 0.05) is 5.56 Å². The average molecular weight is 177 g/mol. The van der Waals surface area contributed by atoms with Crippen molar-refractivity contribution in [2.45, 2.75) is 13.3 Å². The second-order valence-electron chi connectivity index (χ2n) is 2.27. The first-order valence-corrected chi connectivity index (χ1v) is 3.16. The largest absolute Gasteiger partial charge is 0.506 e. The summed E-state index contributed by atoms with van der Waals surface area (Å²) in [5, 5.41) is 8.88. The van der Waals surface area contributed by atoms with E-state index in [1.165, 1.54) is 0 Å². The molecule has 0 aliphatic rings. The van der Waals surface area contributed by atoms with Crippen LogP contribution >= 0.6 is 0 Å². The Balaban J connectivity index is 3.33. The Labute approximate surface area is 66.7 Å². The van der Waals surface area contributed by atoms with Crippen LogP contribution in [0.3, 0.4) is 0 Å². The molecule has 1 N–H and O–H groups in total. The van der Waals surface area contributed by atoms with Crippen molar-refractivity contribution in [3.05, 3.63) is 23.3 Å². The van der Waals surface area contributed by atoms with Crippen LogP contribution < -0.4 is 0 Å². The standard InChI is InChI=1S/C7H6F3NO/c1-3-5(6(8)9)4(12)2-11-7(3)10/h2,6,12H,1H3. The lowest BCUT2D eigenvalue weighted by molar-refractivity contribution is 0.145. The molecule has 1 rings (SSSR count). The molecule has 0 bridgehead atoms. The molecule has 0 fully saturated rings. The Morgan fingerprint density at radius 2 is 2.08 bits per heavy atom. The fourth-order valence-corrected chi connectivity index (χ4v) is 0.863. The Bertz CT molecular complexity index is 301. The number of alkyl halides is 2. The lowest BCUT2D eigenvalue weighted by atomic mass is 10.1. The number of aromatic nitrogens is 1. The molecule has 0 unspecified atom stereocenters. The minimum atomic E-state index is -2.89. The number of halogens is 3. The van der Waals surface area contributed by atoms with Gasteiger partial charge in [-0.2, -0.15) is 4.39 Å². The minimum absolute atomic E-state index is 0.315. The molecule has 0 saturated carbocycles. The monoisotopic (exact) mass is 177 g/mol. The third-order valence-electron chi connectivity index (χ3n) is 1.51. The van der Waals surface area contributed by atoms with Crippen LogP contribution in [0.5, 0.6) is 5.75 Å². The number of hydrogen-bond acceptors (Lipinski definition) is 2. The van der Waals surface area contributed by atoms with Crippen molar-refractivity contribution in [3.63, 3.8) is 0 Å². The summed E-state index contributed by atoms with van der Waals surface area (Å²) >= 11 is 0. The first-order chi connectivity index (χ1) is 5.54. The molecule has 2 nitrogen and oxygen atoms in total. The van der Waals surface area contributed by atoms with Crippen molar-refractivity contribution in [3.8, 4) is 5.75 Å². The van der Waals surface area contributed by atoms with E-state index < -0.39 is 23.7 Å². The van der Waals surface area contributed by atoms with E-state index >= 15 is 0 Å². The highest BCUT2D eigenvalue weighted by Crippen LogP contribution is 2.30.